The minimum Gasteiger partial charge on any atom is -0.394 e. The molecule has 0 unspecified atom stereocenters. The van der Waals surface area contributed by atoms with E-state index in [0.717, 1.165) is 38.5 Å². The van der Waals surface area contributed by atoms with Gasteiger partial charge in [-0.2, -0.15) is 0 Å². The van der Waals surface area contributed by atoms with Gasteiger partial charge >= 0.3 is 0 Å². The van der Waals surface area contributed by atoms with Crippen LogP contribution in [0.2, 0.25) is 0 Å². The quantitative estimate of drug-likeness (QED) is 0.0720. The van der Waals surface area contributed by atoms with Crippen molar-refractivity contribution < 1.29 is 144 Å². The van der Waals surface area contributed by atoms with Gasteiger partial charge < -0.3 is 144 Å². The van der Waals surface area contributed by atoms with Crippen LogP contribution in [0.25, 0.3) is 0 Å². The van der Waals surface area contributed by atoms with Crippen LogP contribution in [-0.2, 0) is 56.8 Å². The van der Waals surface area contributed by atoms with Crippen LogP contribution < -0.4 is 0 Å². The van der Waals surface area contributed by atoms with Crippen molar-refractivity contribution in [1.82, 2.24) is 0 Å². The molecule has 4 saturated carbocycles. The zero-order valence-corrected chi connectivity index (χ0v) is 49.0. The number of fused-ring (bicyclic) bond motifs is 7. The van der Waals surface area contributed by atoms with Crippen molar-refractivity contribution in [3.8, 4) is 0 Å². The monoisotopic (exact) mass is 1240 g/mol. The van der Waals surface area contributed by atoms with Crippen LogP contribution in [-0.4, -0.2) is 304 Å². The second-order valence-corrected chi connectivity index (χ2v) is 27.6. The lowest BCUT2D eigenvalue weighted by Crippen LogP contribution is -2.69. The number of aliphatic hydroxyl groups is 17. The van der Waals surface area contributed by atoms with E-state index >= 15 is 0 Å². The minimum absolute atomic E-state index is 0.0267. The van der Waals surface area contributed by atoms with E-state index < -0.39 is 210 Å². The van der Waals surface area contributed by atoms with Crippen LogP contribution in [0.15, 0.2) is 0 Å². The highest BCUT2D eigenvalue weighted by atomic mass is 16.8. The second kappa shape index (κ2) is 25.3. The molecule has 4 aliphatic carbocycles. The van der Waals surface area contributed by atoms with Gasteiger partial charge in [0.2, 0.25) is 0 Å². The lowest BCUT2D eigenvalue weighted by molar-refractivity contribution is -0.410. The molecule has 496 valence electrons. The molecule has 1 spiro atoms. The Labute approximate surface area is 497 Å². The predicted octanol–water partition coefficient (Wildman–Crippen LogP) is -6.11. The molecule has 0 aromatic carbocycles. The maximum Gasteiger partial charge on any atom is 0.187 e. The van der Waals surface area contributed by atoms with E-state index in [9.17, 15) is 86.8 Å². The fraction of sp³-hybridized carbons (Fsp3) is 1.00. The first kappa shape index (κ1) is 66.3. The van der Waals surface area contributed by atoms with E-state index in [1.165, 1.54) is 0 Å². The third kappa shape index (κ3) is 11.1. The second-order valence-electron chi connectivity index (χ2n) is 27.6. The summed E-state index contributed by atoms with van der Waals surface area (Å²) in [7, 11) is 0. The summed E-state index contributed by atoms with van der Waals surface area (Å²) in [4.78, 5) is 0. The van der Waals surface area contributed by atoms with Gasteiger partial charge in [0, 0.05) is 18.3 Å². The Kier molecular flexibility index (Phi) is 19.5. The maximum absolute atomic E-state index is 12.5. The van der Waals surface area contributed by atoms with E-state index in [2.05, 4.69) is 34.6 Å². The van der Waals surface area contributed by atoms with Gasteiger partial charge in [-0.25, -0.2) is 0 Å². The van der Waals surface area contributed by atoms with Crippen molar-refractivity contribution >= 4 is 0 Å². The van der Waals surface area contributed by atoms with Gasteiger partial charge in [0.25, 0.3) is 0 Å². The summed E-state index contributed by atoms with van der Waals surface area (Å²) in [5.74, 6) is 0.0275. The Morgan fingerprint density at radius 2 is 0.988 bits per heavy atom. The van der Waals surface area contributed by atoms with Crippen LogP contribution >= 0.6 is 0 Å². The Morgan fingerprint density at radius 1 is 0.442 bits per heavy atom. The van der Waals surface area contributed by atoms with Gasteiger partial charge in [0.1, 0.15) is 116 Å². The van der Waals surface area contributed by atoms with E-state index in [0.29, 0.717) is 25.4 Å². The SMILES string of the molecule is C[C@@H]1CC[C@@]2(OC1)O[C@H]1[C@@H](O)[C@@H]3[C@](C)(CC[C@@H]4[C@@]5(C)C[C@@H](O)[C@H](O[C@@H]6O[C@H](CO)[C@H](O[C@@H]7O[C@H](CO)[C@@H](O)[C@H](O[C@@H]8OC[C@@H](O)[C@H](O)[C@H]8O)[C@H]7O[C@@H]7O[C@H](CO)[C@H](O)[C@H](O[C@@H]8O[C@H](CO)[C@@H](O)[C@H](O)[C@H]8O)[C@H]7O)[C@H](O)[C@H]6O)C[C@@H]5CC[C@]43C)[C@H]1[C@@H]2C. The fourth-order valence-corrected chi connectivity index (χ4v) is 18.1. The normalized spacial score (nSPS) is 58.4. The average molecular weight is 1240 g/mol. The molecule has 0 bridgehead atoms. The Bertz CT molecular complexity index is 2270. The largest absolute Gasteiger partial charge is 0.394 e. The molecule has 17 N–H and O–H groups in total. The summed E-state index contributed by atoms with van der Waals surface area (Å²) in [5.41, 5.74) is -0.902. The summed E-state index contributed by atoms with van der Waals surface area (Å²) in [6, 6.07) is 0. The van der Waals surface area contributed by atoms with Crippen molar-refractivity contribution in [2.24, 2.45) is 51.8 Å². The molecule has 7 heterocycles. The van der Waals surface area contributed by atoms with Gasteiger partial charge in [0.15, 0.2) is 37.2 Å². The van der Waals surface area contributed by atoms with Gasteiger partial charge in [0.05, 0.1) is 64.1 Å². The van der Waals surface area contributed by atoms with E-state index in [1.807, 2.05) is 0 Å². The third-order valence-electron chi connectivity index (χ3n) is 22.7. The lowest BCUT2D eigenvalue weighted by Gasteiger charge is -2.67. The summed E-state index contributed by atoms with van der Waals surface area (Å²) in [6.07, 6.45) is -42.8. The summed E-state index contributed by atoms with van der Waals surface area (Å²) >= 11 is 0. The van der Waals surface area contributed by atoms with E-state index in [4.69, 9.17) is 56.8 Å². The first-order chi connectivity index (χ1) is 40.7. The molecule has 7 aliphatic heterocycles. The fourth-order valence-electron chi connectivity index (χ4n) is 18.1. The van der Waals surface area contributed by atoms with Crippen LogP contribution in [0.1, 0.15) is 86.0 Å². The molecule has 11 fully saturated rings. The van der Waals surface area contributed by atoms with Gasteiger partial charge in [-0.05, 0) is 84.9 Å². The molecule has 29 nitrogen and oxygen atoms in total. The molecular formula is C57H94O29. The van der Waals surface area contributed by atoms with Crippen LogP contribution in [0.4, 0.5) is 0 Å². The predicted molar refractivity (Wildman–Crippen MR) is 282 cm³/mol. The van der Waals surface area contributed by atoms with Gasteiger partial charge in [-0.15, -0.1) is 0 Å². The molecule has 11 rings (SSSR count). The van der Waals surface area contributed by atoms with Crippen molar-refractivity contribution in [3.05, 3.63) is 0 Å². The first-order valence-corrected chi connectivity index (χ1v) is 30.8. The van der Waals surface area contributed by atoms with Crippen LogP contribution in [0, 0.1) is 51.8 Å². The molecule has 86 heavy (non-hydrogen) atoms. The Balaban J connectivity index is 0.803. The highest BCUT2D eigenvalue weighted by molar-refractivity contribution is 5.22. The summed E-state index contributed by atoms with van der Waals surface area (Å²) in [6.45, 7) is 7.53. The number of aliphatic hydroxyl groups excluding tert-OH is 17. The highest BCUT2D eigenvalue weighted by Crippen LogP contribution is 2.75. The average Bonchev–Trinajstić information content (AvgIpc) is 1.45. The standard InChI is InChI=1S/C57H94O29/c1-20-6-11-57(76-18-20)21(2)31-44(86-57)41(73)48-54(3)9-7-22-12-25(23(62)13-56(22,5)30(54)8-10-55(31,48)4)77-50-40(72)37(69)43(29(17-61)81-50)82-53-47(46(35(67)28(16-60)80-53)84-49-38(70)32(64)24(63)19-75-49)85-52-42(74)45(34(66)27(15-59)79-52)83-51-39(71)36(68)33(65)26(14-58)78-51/h20-53,58-74H,6-19H2,1-5H3/t20-,21+,22+,23-,24-,25-,26-,27-,28-,29-,30+,31+,32+,33-,34+,35-,36+,37-,38-,39-,40-,41-,42-,43+,44-,45+,46+,47-,48+,49+,50-,51+,52+,53+,54-,55-,56+,57-/m1/s1. The molecule has 0 aromatic rings. The first-order valence-electron chi connectivity index (χ1n) is 30.8. The topological polar surface area (TPSA) is 455 Å². The smallest absolute Gasteiger partial charge is 0.187 e. The van der Waals surface area contributed by atoms with Crippen molar-refractivity contribution in [2.75, 3.05) is 39.6 Å². The summed E-state index contributed by atoms with van der Waals surface area (Å²) in [5, 5.41) is 189. The van der Waals surface area contributed by atoms with Crippen molar-refractivity contribution in [3.63, 3.8) is 0 Å². The molecule has 29 heteroatoms. The van der Waals surface area contributed by atoms with Crippen LogP contribution in [0.5, 0.6) is 0 Å². The third-order valence-corrected chi connectivity index (χ3v) is 22.7. The lowest BCUT2D eigenvalue weighted by atomic mass is 9.39. The molecule has 38 atom stereocenters. The highest BCUT2D eigenvalue weighted by Gasteiger charge is 2.75. The molecular weight excluding hydrogens is 1150 g/mol. The zero-order chi connectivity index (χ0) is 62.0. The molecule has 7 saturated heterocycles. The molecule has 11 aliphatic rings. The number of rotatable bonds is 14. The van der Waals surface area contributed by atoms with Gasteiger partial charge in [-0.3, -0.25) is 0 Å². The number of ether oxygens (including phenoxy) is 12. The van der Waals surface area contributed by atoms with Gasteiger partial charge in [-0.1, -0.05) is 34.6 Å². The van der Waals surface area contributed by atoms with Crippen LogP contribution in [0.3, 0.4) is 0 Å². The Morgan fingerprint density at radius 3 is 1.64 bits per heavy atom. The minimum atomic E-state index is -2.21. The Hall–Kier alpha value is -1.16. The number of hydrogen-bond donors (Lipinski definition) is 17. The van der Waals surface area contributed by atoms with E-state index in [1.54, 1.807) is 0 Å². The molecule has 0 aromatic heterocycles. The molecule has 0 radical (unpaired) electrons. The van der Waals surface area contributed by atoms with Crippen molar-refractivity contribution in [1.29, 1.82) is 0 Å². The van der Waals surface area contributed by atoms with Crippen molar-refractivity contribution in [2.45, 2.75) is 264 Å². The number of hydrogen-bond acceptors (Lipinski definition) is 29. The zero-order valence-electron chi connectivity index (χ0n) is 49.0. The molecule has 0 amide bonds. The summed E-state index contributed by atoms with van der Waals surface area (Å²) < 4.78 is 72.9. The van der Waals surface area contributed by atoms with E-state index in [-0.39, 0.29) is 46.5 Å². The maximum atomic E-state index is 12.5.